The molecule has 2 aromatic carbocycles. The van der Waals surface area contributed by atoms with Crippen LogP contribution in [0.2, 0.25) is 10.0 Å². The van der Waals surface area contributed by atoms with Crippen molar-refractivity contribution in [2.24, 2.45) is 0 Å². The molecule has 0 radical (unpaired) electrons. The molecule has 0 fully saturated rings. The van der Waals surface area contributed by atoms with Crippen LogP contribution in [0.3, 0.4) is 0 Å². The van der Waals surface area contributed by atoms with E-state index < -0.39 is 11.4 Å². The van der Waals surface area contributed by atoms with E-state index in [9.17, 15) is 9.18 Å². The van der Waals surface area contributed by atoms with Gasteiger partial charge in [0.2, 0.25) is 0 Å². The second-order valence-electron chi connectivity index (χ2n) is 4.25. The fraction of sp³-hybridized carbons (Fsp3) is 0.0667. The van der Waals surface area contributed by atoms with Gasteiger partial charge in [0.1, 0.15) is 11.5 Å². The van der Waals surface area contributed by atoms with Gasteiger partial charge in [0.05, 0.1) is 16.7 Å². The lowest BCUT2D eigenvalue weighted by molar-refractivity contribution is -0.116. The second kappa shape index (κ2) is 6.97. The Morgan fingerprint density at radius 2 is 1.95 bits per heavy atom. The highest BCUT2D eigenvalue weighted by Gasteiger charge is 2.19. The lowest BCUT2D eigenvalue weighted by Crippen LogP contribution is -2.00. The molecular formula is C15H7Cl3FNO2. The molecule has 0 saturated heterocycles. The van der Waals surface area contributed by atoms with Crippen LogP contribution in [0.15, 0.2) is 36.4 Å². The molecule has 0 aliphatic rings. The van der Waals surface area contributed by atoms with Crippen molar-refractivity contribution in [3.8, 4) is 17.6 Å². The molecule has 0 amide bonds. The fourth-order valence-electron chi connectivity index (χ4n) is 1.70. The molecular weight excluding hydrogens is 352 g/mol. The third-order valence-electron chi connectivity index (χ3n) is 2.68. The molecule has 0 saturated carbocycles. The summed E-state index contributed by atoms with van der Waals surface area (Å²) < 4.78 is 19.2. The SMILES string of the molecule is N#Cc1cc(Cl)cc(Oc2cc(C(F)C(=O)Cl)ccc2Cl)c1. The average molecular weight is 359 g/mol. The van der Waals surface area contributed by atoms with Crippen LogP contribution in [0.25, 0.3) is 0 Å². The zero-order valence-corrected chi connectivity index (χ0v) is 13.1. The topological polar surface area (TPSA) is 50.1 Å². The van der Waals surface area contributed by atoms with Crippen molar-refractivity contribution in [2.45, 2.75) is 6.17 Å². The summed E-state index contributed by atoms with van der Waals surface area (Å²) in [5.41, 5.74) is 0.316. The van der Waals surface area contributed by atoms with Gasteiger partial charge in [-0.3, -0.25) is 4.79 Å². The Bertz CT molecular complexity index is 774. The van der Waals surface area contributed by atoms with Gasteiger partial charge in [0, 0.05) is 5.02 Å². The largest absolute Gasteiger partial charge is 0.456 e. The van der Waals surface area contributed by atoms with Crippen LogP contribution in [-0.2, 0) is 4.79 Å². The summed E-state index contributed by atoms with van der Waals surface area (Å²) in [7, 11) is 0. The van der Waals surface area contributed by atoms with Crippen LogP contribution in [0.1, 0.15) is 17.3 Å². The Hall–Kier alpha value is -1.80. The van der Waals surface area contributed by atoms with Crippen molar-refractivity contribution in [3.63, 3.8) is 0 Å². The molecule has 0 aromatic heterocycles. The predicted molar refractivity (Wildman–Crippen MR) is 82.4 cm³/mol. The number of benzene rings is 2. The molecule has 0 N–H and O–H groups in total. The molecule has 3 nitrogen and oxygen atoms in total. The molecule has 1 atom stereocenters. The number of hydrogen-bond acceptors (Lipinski definition) is 3. The van der Waals surface area contributed by atoms with Gasteiger partial charge >= 0.3 is 0 Å². The van der Waals surface area contributed by atoms with E-state index in [1.54, 1.807) is 0 Å². The molecule has 0 bridgehead atoms. The minimum Gasteiger partial charge on any atom is -0.456 e. The number of ether oxygens (including phenoxy) is 1. The number of nitriles is 1. The van der Waals surface area contributed by atoms with Crippen LogP contribution in [0.5, 0.6) is 11.5 Å². The normalized spacial score (nSPS) is 11.6. The highest BCUT2D eigenvalue weighted by molar-refractivity contribution is 6.64. The third-order valence-corrected chi connectivity index (χ3v) is 3.40. The number of hydrogen-bond donors (Lipinski definition) is 0. The van der Waals surface area contributed by atoms with Crippen LogP contribution in [0.4, 0.5) is 4.39 Å². The van der Waals surface area contributed by atoms with E-state index in [1.807, 2.05) is 6.07 Å². The van der Waals surface area contributed by atoms with Crippen LogP contribution < -0.4 is 4.74 Å². The van der Waals surface area contributed by atoms with Crippen LogP contribution in [0, 0.1) is 11.3 Å². The van der Waals surface area contributed by atoms with E-state index in [1.165, 1.54) is 36.4 Å². The Balaban J connectivity index is 2.37. The molecule has 0 spiro atoms. The zero-order chi connectivity index (χ0) is 16.3. The summed E-state index contributed by atoms with van der Waals surface area (Å²) in [6.45, 7) is 0. The molecule has 1 unspecified atom stereocenters. The first-order valence-electron chi connectivity index (χ1n) is 5.92. The minimum absolute atomic E-state index is 0.0157. The quantitative estimate of drug-likeness (QED) is 0.684. The highest BCUT2D eigenvalue weighted by Crippen LogP contribution is 2.34. The second-order valence-corrected chi connectivity index (χ2v) is 5.46. The van der Waals surface area contributed by atoms with E-state index in [-0.39, 0.29) is 22.1 Å². The molecule has 2 rings (SSSR count). The first-order valence-corrected chi connectivity index (χ1v) is 7.05. The van der Waals surface area contributed by atoms with Crippen LogP contribution >= 0.6 is 34.8 Å². The van der Waals surface area contributed by atoms with Crippen molar-refractivity contribution in [2.75, 3.05) is 0 Å². The Morgan fingerprint density at radius 1 is 1.23 bits per heavy atom. The van der Waals surface area contributed by atoms with E-state index in [0.717, 1.165) is 0 Å². The van der Waals surface area contributed by atoms with Gasteiger partial charge in [-0.05, 0) is 47.5 Å². The summed E-state index contributed by atoms with van der Waals surface area (Å²) in [5.74, 6) is 0.376. The molecule has 112 valence electrons. The maximum Gasteiger partial charge on any atom is 0.260 e. The van der Waals surface area contributed by atoms with Gasteiger partial charge in [-0.15, -0.1) is 0 Å². The Kier molecular flexibility index (Phi) is 5.25. The molecule has 22 heavy (non-hydrogen) atoms. The van der Waals surface area contributed by atoms with E-state index in [4.69, 9.17) is 44.8 Å². The van der Waals surface area contributed by atoms with Gasteiger partial charge in [0.15, 0.2) is 6.17 Å². The standard InChI is InChI=1S/C15H7Cl3FNO2/c16-10-3-8(7-20)4-11(6-10)22-13-5-9(1-2-12(13)17)14(19)15(18)21/h1-6,14H. The number of nitrogens with zero attached hydrogens (tertiary/aromatic N) is 1. The number of rotatable bonds is 4. The number of carbonyl (C=O) groups excluding carboxylic acids is 1. The van der Waals surface area contributed by atoms with E-state index in [0.29, 0.717) is 10.6 Å². The number of alkyl halides is 1. The number of carbonyl (C=O) groups is 1. The van der Waals surface area contributed by atoms with Gasteiger partial charge in [-0.2, -0.15) is 5.26 Å². The summed E-state index contributed by atoms with van der Waals surface area (Å²) in [4.78, 5) is 10.9. The Labute approximate surface area is 140 Å². The van der Waals surface area contributed by atoms with Gasteiger partial charge in [-0.1, -0.05) is 29.3 Å². The maximum atomic E-state index is 13.6. The molecule has 2 aromatic rings. The lowest BCUT2D eigenvalue weighted by atomic mass is 10.1. The van der Waals surface area contributed by atoms with Crippen molar-refractivity contribution < 1.29 is 13.9 Å². The number of halogens is 4. The molecule has 0 aliphatic heterocycles. The molecule has 7 heteroatoms. The monoisotopic (exact) mass is 357 g/mol. The minimum atomic E-state index is -1.98. The summed E-state index contributed by atoms with van der Waals surface area (Å²) in [6.07, 6.45) is -1.98. The first-order chi connectivity index (χ1) is 10.4. The van der Waals surface area contributed by atoms with E-state index in [2.05, 4.69) is 0 Å². The highest BCUT2D eigenvalue weighted by atomic mass is 35.5. The van der Waals surface area contributed by atoms with Crippen molar-refractivity contribution >= 4 is 40.0 Å². The summed E-state index contributed by atoms with van der Waals surface area (Å²) in [6, 6.07) is 10.3. The smallest absolute Gasteiger partial charge is 0.260 e. The van der Waals surface area contributed by atoms with Crippen molar-refractivity contribution in [1.29, 1.82) is 5.26 Å². The summed E-state index contributed by atoms with van der Waals surface area (Å²) >= 11 is 17.0. The first kappa shape index (κ1) is 16.6. The fourth-order valence-corrected chi connectivity index (χ4v) is 2.21. The Morgan fingerprint density at radius 3 is 2.59 bits per heavy atom. The third kappa shape index (κ3) is 3.89. The summed E-state index contributed by atoms with van der Waals surface area (Å²) in [5, 5.41) is 8.27. The van der Waals surface area contributed by atoms with Crippen molar-refractivity contribution in [3.05, 3.63) is 57.6 Å². The van der Waals surface area contributed by atoms with Gasteiger partial charge < -0.3 is 4.74 Å². The molecule has 0 heterocycles. The lowest BCUT2D eigenvalue weighted by Gasteiger charge is -2.11. The van der Waals surface area contributed by atoms with Crippen LogP contribution in [-0.4, -0.2) is 5.24 Å². The average Bonchev–Trinajstić information content (AvgIpc) is 2.48. The van der Waals surface area contributed by atoms with E-state index >= 15 is 0 Å². The predicted octanol–water partition coefficient (Wildman–Crippen LogP) is 5.43. The molecule has 0 aliphatic carbocycles. The van der Waals surface area contributed by atoms with Gasteiger partial charge in [-0.25, -0.2) is 4.39 Å². The van der Waals surface area contributed by atoms with Gasteiger partial charge in [0.25, 0.3) is 5.24 Å². The maximum absolute atomic E-state index is 13.6. The zero-order valence-electron chi connectivity index (χ0n) is 10.8. The van der Waals surface area contributed by atoms with Crippen molar-refractivity contribution in [1.82, 2.24) is 0 Å².